The van der Waals surface area contributed by atoms with Crippen LogP contribution in [0.3, 0.4) is 0 Å². The minimum atomic E-state index is -0.221. The second kappa shape index (κ2) is 7.00. The topological polar surface area (TPSA) is 86.3 Å². The highest BCUT2D eigenvalue weighted by atomic mass is 16.5. The summed E-state index contributed by atoms with van der Waals surface area (Å²) in [6, 6.07) is 5.58. The number of ether oxygens (including phenoxy) is 1. The number of carbonyl (C=O) groups is 1. The lowest BCUT2D eigenvalue weighted by Gasteiger charge is -2.33. The molecule has 1 aliphatic heterocycles. The van der Waals surface area contributed by atoms with Crippen LogP contribution in [0.5, 0.6) is 0 Å². The van der Waals surface area contributed by atoms with Gasteiger partial charge in [0.1, 0.15) is 6.10 Å². The molecule has 1 atom stereocenters. The number of hydrogen-bond acceptors (Lipinski definition) is 5. The highest BCUT2D eigenvalue weighted by Gasteiger charge is 2.26. The Morgan fingerprint density at radius 3 is 3.00 bits per heavy atom. The molecule has 7 heteroatoms. The fourth-order valence-corrected chi connectivity index (χ4v) is 2.98. The molecule has 1 fully saturated rings. The molecule has 128 valence electrons. The molecule has 3 rings (SSSR count). The molecule has 0 spiro atoms. The van der Waals surface area contributed by atoms with Crippen LogP contribution in [-0.2, 0) is 23.0 Å². The number of hydrogen-bond donors (Lipinski definition) is 1. The maximum Gasteiger partial charge on any atom is 0.223 e. The Kier molecular flexibility index (Phi) is 4.80. The SMILES string of the molecule is Cc1cc(N)cc([C@H]2CN(C(=O)CCc3ccnn3C)CCO2)n1. The molecule has 0 unspecified atom stereocenters. The van der Waals surface area contributed by atoms with E-state index < -0.39 is 0 Å². The molecule has 2 aromatic heterocycles. The van der Waals surface area contributed by atoms with Crippen LogP contribution in [0.25, 0.3) is 0 Å². The summed E-state index contributed by atoms with van der Waals surface area (Å²) in [5.74, 6) is 0.130. The first kappa shape index (κ1) is 16.4. The number of carbonyl (C=O) groups excluding carboxylic acids is 1. The number of nitrogen functional groups attached to an aromatic ring is 1. The Bertz CT molecular complexity index is 707. The Balaban J connectivity index is 1.62. The molecular formula is C17H23N5O2. The molecule has 0 radical (unpaired) electrons. The van der Waals surface area contributed by atoms with Gasteiger partial charge < -0.3 is 15.4 Å². The summed E-state index contributed by atoms with van der Waals surface area (Å²) in [5, 5.41) is 4.13. The van der Waals surface area contributed by atoms with Gasteiger partial charge in [0.05, 0.1) is 18.8 Å². The normalized spacial score (nSPS) is 17.9. The third kappa shape index (κ3) is 3.73. The molecule has 3 heterocycles. The van der Waals surface area contributed by atoms with E-state index in [1.807, 2.05) is 37.1 Å². The lowest BCUT2D eigenvalue weighted by Crippen LogP contribution is -2.42. The molecule has 1 saturated heterocycles. The zero-order valence-electron chi connectivity index (χ0n) is 14.1. The second-order valence-electron chi connectivity index (χ2n) is 6.11. The first-order chi connectivity index (χ1) is 11.5. The fourth-order valence-electron chi connectivity index (χ4n) is 2.98. The van der Waals surface area contributed by atoms with Crippen LogP contribution in [-0.4, -0.2) is 45.3 Å². The van der Waals surface area contributed by atoms with E-state index in [1.165, 1.54) is 0 Å². The van der Waals surface area contributed by atoms with E-state index in [0.29, 0.717) is 38.2 Å². The van der Waals surface area contributed by atoms with Gasteiger partial charge in [-0.3, -0.25) is 14.5 Å². The zero-order valence-corrected chi connectivity index (χ0v) is 14.1. The van der Waals surface area contributed by atoms with Gasteiger partial charge in [0.2, 0.25) is 5.91 Å². The Labute approximate surface area is 141 Å². The van der Waals surface area contributed by atoms with E-state index in [1.54, 1.807) is 10.9 Å². The van der Waals surface area contributed by atoms with Crippen LogP contribution in [0.2, 0.25) is 0 Å². The summed E-state index contributed by atoms with van der Waals surface area (Å²) >= 11 is 0. The van der Waals surface area contributed by atoms with Crippen molar-refractivity contribution < 1.29 is 9.53 Å². The molecule has 2 aromatic rings. The second-order valence-corrected chi connectivity index (χ2v) is 6.11. The van der Waals surface area contributed by atoms with Crippen LogP contribution < -0.4 is 5.73 Å². The van der Waals surface area contributed by atoms with Crippen molar-refractivity contribution in [2.45, 2.75) is 25.9 Å². The lowest BCUT2D eigenvalue weighted by atomic mass is 10.1. The molecule has 2 N–H and O–H groups in total. The van der Waals surface area contributed by atoms with Crippen molar-refractivity contribution in [1.82, 2.24) is 19.7 Å². The number of nitrogens with two attached hydrogens (primary N) is 1. The molecule has 0 aromatic carbocycles. The van der Waals surface area contributed by atoms with Gasteiger partial charge >= 0.3 is 0 Å². The number of anilines is 1. The summed E-state index contributed by atoms with van der Waals surface area (Å²) in [7, 11) is 1.89. The van der Waals surface area contributed by atoms with Crippen molar-refractivity contribution in [1.29, 1.82) is 0 Å². The highest BCUT2D eigenvalue weighted by Crippen LogP contribution is 2.23. The molecular weight excluding hydrogens is 306 g/mol. The molecule has 0 bridgehead atoms. The number of aryl methyl sites for hydroxylation is 3. The van der Waals surface area contributed by atoms with Crippen molar-refractivity contribution in [3.8, 4) is 0 Å². The number of rotatable bonds is 4. The first-order valence-electron chi connectivity index (χ1n) is 8.13. The third-order valence-electron chi connectivity index (χ3n) is 4.26. The average Bonchev–Trinajstić information content (AvgIpc) is 2.97. The Hall–Kier alpha value is -2.41. The monoisotopic (exact) mass is 329 g/mol. The van der Waals surface area contributed by atoms with E-state index in [0.717, 1.165) is 17.1 Å². The van der Waals surface area contributed by atoms with E-state index in [4.69, 9.17) is 10.5 Å². The predicted molar refractivity (Wildman–Crippen MR) is 90.2 cm³/mol. The van der Waals surface area contributed by atoms with E-state index in [-0.39, 0.29) is 12.0 Å². The van der Waals surface area contributed by atoms with Crippen LogP contribution in [0.4, 0.5) is 5.69 Å². The van der Waals surface area contributed by atoms with Gasteiger partial charge in [-0.05, 0) is 31.5 Å². The highest BCUT2D eigenvalue weighted by molar-refractivity contribution is 5.76. The summed E-state index contributed by atoms with van der Waals surface area (Å²) in [4.78, 5) is 18.9. The molecule has 24 heavy (non-hydrogen) atoms. The van der Waals surface area contributed by atoms with Crippen molar-refractivity contribution in [3.05, 3.63) is 41.5 Å². The zero-order chi connectivity index (χ0) is 17.1. The van der Waals surface area contributed by atoms with E-state index in [9.17, 15) is 4.79 Å². The number of amides is 1. The number of nitrogens with zero attached hydrogens (tertiary/aromatic N) is 4. The average molecular weight is 329 g/mol. The summed E-state index contributed by atoms with van der Waals surface area (Å²) < 4.78 is 7.60. The largest absolute Gasteiger partial charge is 0.399 e. The number of aromatic nitrogens is 3. The maximum absolute atomic E-state index is 12.5. The van der Waals surface area contributed by atoms with Gasteiger partial charge in [-0.1, -0.05) is 0 Å². The fraction of sp³-hybridized carbons (Fsp3) is 0.471. The molecule has 1 aliphatic rings. The van der Waals surface area contributed by atoms with Crippen LogP contribution in [0.1, 0.15) is 29.6 Å². The van der Waals surface area contributed by atoms with Crippen molar-refractivity contribution in [2.24, 2.45) is 7.05 Å². The van der Waals surface area contributed by atoms with Gasteiger partial charge in [-0.2, -0.15) is 5.10 Å². The summed E-state index contributed by atoms with van der Waals surface area (Å²) in [6.45, 7) is 3.54. The van der Waals surface area contributed by atoms with E-state index in [2.05, 4.69) is 10.1 Å². The van der Waals surface area contributed by atoms with E-state index >= 15 is 0 Å². The smallest absolute Gasteiger partial charge is 0.223 e. The van der Waals surface area contributed by atoms with Gasteiger partial charge in [-0.25, -0.2) is 0 Å². The Morgan fingerprint density at radius 1 is 1.46 bits per heavy atom. The van der Waals surface area contributed by atoms with Crippen molar-refractivity contribution in [2.75, 3.05) is 25.4 Å². The molecule has 1 amide bonds. The number of pyridine rings is 1. The molecule has 7 nitrogen and oxygen atoms in total. The summed E-state index contributed by atoms with van der Waals surface area (Å²) in [5.41, 5.74) is 9.26. The first-order valence-corrected chi connectivity index (χ1v) is 8.13. The Morgan fingerprint density at radius 2 is 2.29 bits per heavy atom. The van der Waals surface area contributed by atoms with Gasteiger partial charge in [0.15, 0.2) is 0 Å². The van der Waals surface area contributed by atoms with Gasteiger partial charge in [0, 0.05) is 43.3 Å². The maximum atomic E-state index is 12.5. The van der Waals surface area contributed by atoms with Gasteiger partial charge in [0.25, 0.3) is 0 Å². The number of morpholine rings is 1. The minimum absolute atomic E-state index is 0.130. The van der Waals surface area contributed by atoms with Crippen LogP contribution >= 0.6 is 0 Å². The van der Waals surface area contributed by atoms with Crippen LogP contribution in [0.15, 0.2) is 24.4 Å². The van der Waals surface area contributed by atoms with Crippen molar-refractivity contribution in [3.63, 3.8) is 0 Å². The third-order valence-corrected chi connectivity index (χ3v) is 4.26. The van der Waals surface area contributed by atoms with Crippen molar-refractivity contribution >= 4 is 11.6 Å². The molecule has 0 aliphatic carbocycles. The standard InChI is InChI=1S/C17H23N5O2/c1-12-9-13(18)10-15(20-12)16-11-22(7-8-24-16)17(23)4-3-14-5-6-19-21(14)2/h5-6,9-10,16H,3-4,7-8,11H2,1-2H3,(H2,18,20)/t16-/m1/s1. The molecule has 0 saturated carbocycles. The quantitative estimate of drug-likeness (QED) is 0.912. The van der Waals surface area contributed by atoms with Gasteiger partial charge in [-0.15, -0.1) is 0 Å². The van der Waals surface area contributed by atoms with Crippen LogP contribution in [0, 0.1) is 6.92 Å². The minimum Gasteiger partial charge on any atom is -0.399 e. The lowest BCUT2D eigenvalue weighted by molar-refractivity contribution is -0.139. The summed E-state index contributed by atoms with van der Waals surface area (Å²) in [6.07, 6.45) is 2.68. The predicted octanol–water partition coefficient (Wildman–Crippen LogP) is 1.24.